The Labute approximate surface area is 164 Å². The number of piperazine rings is 1. The highest BCUT2D eigenvalue weighted by atomic mass is 32.2. The van der Waals surface area contributed by atoms with E-state index in [2.05, 4.69) is 12.1 Å². The van der Waals surface area contributed by atoms with Gasteiger partial charge in [-0.05, 0) is 12.1 Å². The number of rotatable bonds is 4. The summed E-state index contributed by atoms with van der Waals surface area (Å²) in [5, 5.41) is 0. The first-order valence-electron chi connectivity index (χ1n) is 9.28. The van der Waals surface area contributed by atoms with Crippen molar-refractivity contribution in [2.45, 2.75) is 11.4 Å². The van der Waals surface area contributed by atoms with E-state index in [1.165, 1.54) is 22.6 Å². The average molecular weight is 400 g/mol. The highest BCUT2D eigenvalue weighted by Gasteiger charge is 2.42. The Morgan fingerprint density at radius 2 is 1.61 bits per heavy atom. The van der Waals surface area contributed by atoms with Crippen LogP contribution in [0.25, 0.3) is 0 Å². The smallest absolute Gasteiger partial charge is 0.269 e. The van der Waals surface area contributed by atoms with Crippen molar-refractivity contribution < 1.29 is 22.9 Å². The predicted octanol–water partition coefficient (Wildman–Crippen LogP) is -0.242. The maximum absolute atomic E-state index is 12.7. The van der Waals surface area contributed by atoms with Crippen LogP contribution in [0.3, 0.4) is 0 Å². The molecular formula is C20H22N3O4S+. The molecule has 2 aliphatic heterocycles. The number of quaternary nitrogens is 1. The average Bonchev–Trinajstić information content (AvgIpc) is 2.90. The van der Waals surface area contributed by atoms with Crippen LogP contribution in [0.15, 0.2) is 59.5 Å². The van der Waals surface area contributed by atoms with E-state index in [-0.39, 0.29) is 16.4 Å². The zero-order valence-electron chi connectivity index (χ0n) is 15.4. The number of nitrogens with one attached hydrogen (secondary N) is 1. The summed E-state index contributed by atoms with van der Waals surface area (Å²) in [6.07, 6.45) is 0. The van der Waals surface area contributed by atoms with Gasteiger partial charge in [0.15, 0.2) is 0 Å². The maximum Gasteiger partial charge on any atom is 0.269 e. The third kappa shape index (κ3) is 3.41. The van der Waals surface area contributed by atoms with Gasteiger partial charge in [0.1, 0.15) is 18.0 Å². The van der Waals surface area contributed by atoms with Crippen LogP contribution in [-0.4, -0.2) is 62.2 Å². The normalized spacial score (nSPS) is 18.9. The molecule has 0 radical (unpaired) electrons. The van der Waals surface area contributed by atoms with Crippen LogP contribution in [0.5, 0.6) is 0 Å². The van der Waals surface area contributed by atoms with Gasteiger partial charge in [-0.1, -0.05) is 42.5 Å². The standard InChI is InChI=1S/C20H21N3O4S/c24-19(15-23-20(25)17-8-4-5-9-18(17)28(23,26)27)22-12-10-21(11-13-22)14-16-6-2-1-3-7-16/h1-9H,10-15H2/p+1. The third-order valence-corrected chi connectivity index (χ3v) is 7.10. The summed E-state index contributed by atoms with van der Waals surface area (Å²) in [5.41, 5.74) is 1.39. The van der Waals surface area contributed by atoms with E-state index in [1.807, 2.05) is 18.2 Å². The minimum atomic E-state index is -3.95. The van der Waals surface area contributed by atoms with E-state index in [0.717, 1.165) is 19.6 Å². The Balaban J connectivity index is 1.37. The molecule has 0 bridgehead atoms. The fraction of sp³-hybridized carbons (Fsp3) is 0.300. The van der Waals surface area contributed by atoms with E-state index in [9.17, 15) is 18.0 Å². The molecular weight excluding hydrogens is 378 g/mol. The summed E-state index contributed by atoms with van der Waals surface area (Å²) in [6.45, 7) is 3.15. The molecule has 2 heterocycles. The van der Waals surface area contributed by atoms with Crippen LogP contribution in [-0.2, 0) is 21.4 Å². The number of sulfonamides is 1. The Morgan fingerprint density at radius 3 is 2.29 bits per heavy atom. The van der Waals surface area contributed by atoms with E-state index >= 15 is 0 Å². The Morgan fingerprint density at radius 1 is 0.964 bits per heavy atom. The van der Waals surface area contributed by atoms with Crippen LogP contribution in [0, 0.1) is 0 Å². The number of benzene rings is 2. The van der Waals surface area contributed by atoms with E-state index in [1.54, 1.807) is 17.0 Å². The molecule has 0 aromatic heterocycles. The highest BCUT2D eigenvalue weighted by Crippen LogP contribution is 2.29. The monoisotopic (exact) mass is 400 g/mol. The Bertz CT molecular complexity index is 999. The number of fused-ring (bicyclic) bond motifs is 1. The molecule has 28 heavy (non-hydrogen) atoms. The van der Waals surface area contributed by atoms with Crippen LogP contribution in [0.4, 0.5) is 0 Å². The maximum atomic E-state index is 12.7. The van der Waals surface area contributed by atoms with Crippen molar-refractivity contribution in [3.05, 3.63) is 65.7 Å². The van der Waals surface area contributed by atoms with Gasteiger partial charge >= 0.3 is 0 Å². The SMILES string of the molecule is O=C(CN1C(=O)c2ccccc2S1(=O)=O)N1CC[NH+](Cc2ccccc2)CC1. The number of nitrogens with zero attached hydrogens (tertiary/aromatic N) is 2. The zero-order valence-corrected chi connectivity index (χ0v) is 16.2. The fourth-order valence-corrected chi connectivity index (χ4v) is 5.26. The summed E-state index contributed by atoms with van der Waals surface area (Å²) in [5.74, 6) is -0.958. The highest BCUT2D eigenvalue weighted by molar-refractivity contribution is 7.90. The summed E-state index contributed by atoms with van der Waals surface area (Å²) in [4.78, 5) is 28.1. The van der Waals surface area contributed by atoms with Gasteiger partial charge in [0.05, 0.1) is 31.7 Å². The molecule has 2 amide bonds. The van der Waals surface area contributed by atoms with Gasteiger partial charge in [-0.25, -0.2) is 12.7 Å². The predicted molar refractivity (Wildman–Crippen MR) is 102 cm³/mol. The van der Waals surface area contributed by atoms with Gasteiger partial charge in [-0.2, -0.15) is 0 Å². The van der Waals surface area contributed by atoms with Crippen molar-refractivity contribution in [3.8, 4) is 0 Å². The van der Waals surface area contributed by atoms with Crippen molar-refractivity contribution in [1.82, 2.24) is 9.21 Å². The van der Waals surface area contributed by atoms with Crippen molar-refractivity contribution in [3.63, 3.8) is 0 Å². The summed E-state index contributed by atoms with van der Waals surface area (Å²) >= 11 is 0. The third-order valence-electron chi connectivity index (χ3n) is 5.31. The summed E-state index contributed by atoms with van der Waals surface area (Å²) in [6, 6.07) is 16.3. The summed E-state index contributed by atoms with van der Waals surface area (Å²) < 4.78 is 25.9. The first-order valence-corrected chi connectivity index (χ1v) is 10.7. The van der Waals surface area contributed by atoms with Crippen LogP contribution in [0.2, 0.25) is 0 Å². The minimum Gasteiger partial charge on any atom is -0.330 e. The van der Waals surface area contributed by atoms with Crippen LogP contribution >= 0.6 is 0 Å². The van der Waals surface area contributed by atoms with Crippen LogP contribution < -0.4 is 4.90 Å². The molecule has 2 aromatic rings. The molecule has 8 heteroatoms. The fourth-order valence-electron chi connectivity index (χ4n) is 3.74. The molecule has 0 atom stereocenters. The molecule has 4 rings (SSSR count). The molecule has 146 valence electrons. The number of amides is 2. The molecule has 0 aliphatic carbocycles. The molecule has 7 nitrogen and oxygen atoms in total. The van der Waals surface area contributed by atoms with Gasteiger partial charge < -0.3 is 9.80 Å². The lowest BCUT2D eigenvalue weighted by molar-refractivity contribution is -0.917. The molecule has 1 saturated heterocycles. The second-order valence-electron chi connectivity index (χ2n) is 7.11. The number of carbonyl (C=O) groups excluding carboxylic acids is 2. The summed E-state index contributed by atoms with van der Waals surface area (Å²) in [7, 11) is -3.95. The topological polar surface area (TPSA) is 79.2 Å². The number of carbonyl (C=O) groups is 2. The van der Waals surface area contributed by atoms with Gasteiger partial charge in [-0.15, -0.1) is 0 Å². The van der Waals surface area contributed by atoms with Gasteiger partial charge in [-0.3, -0.25) is 9.59 Å². The van der Waals surface area contributed by atoms with Crippen molar-refractivity contribution in [2.24, 2.45) is 0 Å². The van der Waals surface area contributed by atoms with Gasteiger partial charge in [0.25, 0.3) is 15.9 Å². The first kappa shape index (κ1) is 18.6. The molecule has 0 spiro atoms. The van der Waals surface area contributed by atoms with Gasteiger partial charge in [0, 0.05) is 5.56 Å². The first-order chi connectivity index (χ1) is 13.5. The molecule has 2 aromatic carbocycles. The molecule has 0 unspecified atom stereocenters. The molecule has 0 saturated carbocycles. The van der Waals surface area contributed by atoms with E-state index in [0.29, 0.717) is 17.4 Å². The quantitative estimate of drug-likeness (QED) is 0.768. The minimum absolute atomic E-state index is 0.0232. The zero-order chi connectivity index (χ0) is 19.7. The van der Waals surface area contributed by atoms with Gasteiger partial charge in [0.2, 0.25) is 5.91 Å². The molecule has 2 aliphatic rings. The number of hydrogen-bond acceptors (Lipinski definition) is 4. The Hall–Kier alpha value is -2.71. The van der Waals surface area contributed by atoms with Crippen LogP contribution in [0.1, 0.15) is 15.9 Å². The lowest BCUT2D eigenvalue weighted by Crippen LogP contribution is -3.13. The molecule has 1 N–H and O–H groups in total. The lowest BCUT2D eigenvalue weighted by Gasteiger charge is -2.33. The van der Waals surface area contributed by atoms with Crippen molar-refractivity contribution >= 4 is 21.8 Å². The second kappa shape index (κ2) is 7.37. The van der Waals surface area contributed by atoms with Crippen molar-refractivity contribution in [1.29, 1.82) is 0 Å². The Kier molecular flexibility index (Phi) is 4.91. The number of hydrogen-bond donors (Lipinski definition) is 1. The second-order valence-corrected chi connectivity index (χ2v) is 8.94. The van der Waals surface area contributed by atoms with E-state index in [4.69, 9.17) is 0 Å². The molecule has 1 fully saturated rings. The van der Waals surface area contributed by atoms with Crippen molar-refractivity contribution in [2.75, 3.05) is 32.7 Å². The largest absolute Gasteiger partial charge is 0.330 e. The van der Waals surface area contributed by atoms with E-state index < -0.39 is 22.5 Å². The lowest BCUT2D eigenvalue weighted by atomic mass is 10.2.